The van der Waals surface area contributed by atoms with Crippen LogP contribution in [0, 0.1) is 5.41 Å². The van der Waals surface area contributed by atoms with Gasteiger partial charge in [-0.05, 0) is 56.6 Å². The number of ether oxygens (including phenoxy) is 2. The number of aromatic nitrogens is 2. The Hall–Kier alpha value is -2.90. The van der Waals surface area contributed by atoms with Gasteiger partial charge in [0.15, 0.2) is 0 Å². The third-order valence-corrected chi connectivity index (χ3v) is 5.44. The number of allylic oxidation sites excluding steroid dienone is 1. The molecule has 0 amide bonds. The minimum absolute atomic E-state index is 0.304. The van der Waals surface area contributed by atoms with Crippen LogP contribution in [0.2, 0.25) is 0 Å². The zero-order valence-corrected chi connectivity index (χ0v) is 16.9. The summed E-state index contributed by atoms with van der Waals surface area (Å²) in [7, 11) is 1.34. The lowest BCUT2D eigenvalue weighted by Crippen LogP contribution is -2.55. The van der Waals surface area contributed by atoms with Crippen LogP contribution in [0.4, 0.5) is 0 Å². The van der Waals surface area contributed by atoms with Crippen molar-refractivity contribution >= 4 is 23.0 Å². The molecule has 2 heterocycles. The third kappa shape index (κ3) is 3.02. The zero-order valence-electron chi connectivity index (χ0n) is 16.9. The molecule has 28 heavy (non-hydrogen) atoms. The second-order valence-corrected chi connectivity index (χ2v) is 7.55. The smallest absolute Gasteiger partial charge is 0.336 e. The van der Waals surface area contributed by atoms with E-state index < -0.39 is 23.3 Å². The summed E-state index contributed by atoms with van der Waals surface area (Å²) in [6.45, 7) is 9.03. The highest BCUT2D eigenvalue weighted by atomic mass is 16.6. The number of fused-ring (bicyclic) bond motifs is 1. The van der Waals surface area contributed by atoms with E-state index in [-0.39, 0.29) is 12.1 Å². The minimum Gasteiger partial charge on any atom is -0.469 e. The van der Waals surface area contributed by atoms with Gasteiger partial charge in [0.05, 0.1) is 24.2 Å². The van der Waals surface area contributed by atoms with E-state index in [9.17, 15) is 9.59 Å². The molecule has 150 valence electrons. The van der Waals surface area contributed by atoms with Crippen LogP contribution in [0.3, 0.4) is 0 Å². The van der Waals surface area contributed by atoms with E-state index in [1.807, 2.05) is 13.0 Å². The Balaban J connectivity index is 2.30. The van der Waals surface area contributed by atoms with E-state index in [1.54, 1.807) is 39.8 Å². The van der Waals surface area contributed by atoms with E-state index in [2.05, 4.69) is 15.6 Å². The Morgan fingerprint density at radius 1 is 1.29 bits per heavy atom. The molecule has 0 radical (unpaired) electrons. The molecule has 1 aliphatic rings. The molecule has 1 aromatic carbocycles. The van der Waals surface area contributed by atoms with E-state index in [0.29, 0.717) is 27.9 Å². The molecule has 0 fully saturated rings. The molecule has 0 bridgehead atoms. The molecule has 1 N–H and O–H groups in total. The van der Waals surface area contributed by atoms with Gasteiger partial charge in [-0.25, -0.2) is 9.42 Å². The molecule has 0 aliphatic carbocycles. The number of nitrogens with one attached hydrogen (secondary N) is 1. The first-order chi connectivity index (χ1) is 13.2. The number of carbonyl (C=O) groups is 2. The predicted molar refractivity (Wildman–Crippen MR) is 101 cm³/mol. The number of carbonyl (C=O) groups excluding carboxylic acids is 2. The van der Waals surface area contributed by atoms with Gasteiger partial charge in [0, 0.05) is 17.7 Å². The molecule has 0 saturated heterocycles. The van der Waals surface area contributed by atoms with Crippen molar-refractivity contribution in [1.29, 1.82) is 0 Å². The second-order valence-electron chi connectivity index (χ2n) is 7.55. The highest BCUT2D eigenvalue weighted by Crippen LogP contribution is 2.50. The second kappa shape index (κ2) is 7.26. The summed E-state index contributed by atoms with van der Waals surface area (Å²) in [5.74, 6) is -1.58. The maximum Gasteiger partial charge on any atom is 0.336 e. The van der Waals surface area contributed by atoms with Gasteiger partial charge < -0.3 is 14.8 Å². The molecule has 8 heteroatoms. The largest absolute Gasteiger partial charge is 0.469 e. The predicted octanol–water partition coefficient (Wildman–Crippen LogP) is 2.70. The third-order valence-electron chi connectivity index (χ3n) is 5.44. The van der Waals surface area contributed by atoms with Crippen molar-refractivity contribution < 1.29 is 23.7 Å². The summed E-state index contributed by atoms with van der Waals surface area (Å²) in [6, 6.07) is 5.08. The van der Waals surface area contributed by atoms with Crippen LogP contribution < -0.4 is 5.32 Å². The molecule has 3 unspecified atom stereocenters. The van der Waals surface area contributed by atoms with Gasteiger partial charge in [-0.1, -0.05) is 12.1 Å². The summed E-state index contributed by atoms with van der Waals surface area (Å²) in [4.78, 5) is 26.0. The van der Waals surface area contributed by atoms with Crippen molar-refractivity contribution in [3.05, 3.63) is 35.0 Å². The first-order valence-corrected chi connectivity index (χ1v) is 9.19. The van der Waals surface area contributed by atoms with Crippen molar-refractivity contribution in [3.63, 3.8) is 0 Å². The molecule has 2 aromatic rings. The van der Waals surface area contributed by atoms with E-state index in [0.717, 1.165) is 0 Å². The van der Waals surface area contributed by atoms with Crippen LogP contribution >= 0.6 is 0 Å². The van der Waals surface area contributed by atoms with Crippen LogP contribution in [-0.2, 0) is 19.1 Å². The van der Waals surface area contributed by atoms with Gasteiger partial charge in [-0.15, -0.1) is 0 Å². The number of rotatable bonds is 4. The molecule has 0 spiro atoms. The Kier molecular flexibility index (Phi) is 5.14. The monoisotopic (exact) mass is 387 g/mol. The summed E-state index contributed by atoms with van der Waals surface area (Å²) >= 11 is 0. The molecule has 1 aliphatic heterocycles. The fourth-order valence-corrected chi connectivity index (χ4v) is 3.92. The molecule has 3 atom stereocenters. The average Bonchev–Trinajstić information content (AvgIpc) is 3.11. The Bertz CT molecular complexity index is 948. The van der Waals surface area contributed by atoms with Gasteiger partial charge in [-0.3, -0.25) is 4.79 Å². The molecule has 0 saturated carbocycles. The van der Waals surface area contributed by atoms with E-state index >= 15 is 0 Å². The van der Waals surface area contributed by atoms with Crippen LogP contribution in [0.25, 0.3) is 11.0 Å². The van der Waals surface area contributed by atoms with Crippen LogP contribution in [0.5, 0.6) is 0 Å². The summed E-state index contributed by atoms with van der Waals surface area (Å²) in [5, 5.41) is 11.2. The highest BCUT2D eigenvalue weighted by molar-refractivity contribution is 5.96. The number of nitrogens with zero attached hydrogens (tertiary/aromatic N) is 2. The summed E-state index contributed by atoms with van der Waals surface area (Å²) in [6.07, 6.45) is -0.304. The minimum atomic E-state index is -1.09. The maximum absolute atomic E-state index is 13.1. The fourth-order valence-electron chi connectivity index (χ4n) is 3.92. The normalized spacial score (nSPS) is 25.0. The lowest BCUT2D eigenvalue weighted by atomic mass is 9.63. The summed E-state index contributed by atoms with van der Waals surface area (Å²) in [5.41, 5.74) is 1.64. The fraction of sp³-hybridized carbons (Fsp3) is 0.500. The van der Waals surface area contributed by atoms with Crippen LogP contribution in [-0.4, -0.2) is 41.5 Å². The molecular weight excluding hydrogens is 362 g/mol. The van der Waals surface area contributed by atoms with Crippen molar-refractivity contribution in [2.45, 2.75) is 52.7 Å². The van der Waals surface area contributed by atoms with Gasteiger partial charge >= 0.3 is 11.9 Å². The average molecular weight is 387 g/mol. The van der Waals surface area contributed by atoms with Crippen molar-refractivity contribution in [1.82, 2.24) is 15.6 Å². The van der Waals surface area contributed by atoms with Crippen molar-refractivity contribution in [2.24, 2.45) is 5.41 Å². The summed E-state index contributed by atoms with van der Waals surface area (Å²) < 4.78 is 15.5. The lowest BCUT2D eigenvalue weighted by Gasteiger charge is -2.45. The van der Waals surface area contributed by atoms with Gasteiger partial charge in [0.1, 0.15) is 11.0 Å². The lowest BCUT2D eigenvalue weighted by molar-refractivity contribution is -0.155. The van der Waals surface area contributed by atoms with Gasteiger partial charge in [-0.2, -0.15) is 0 Å². The number of methoxy groups -OCH3 is 1. The highest BCUT2D eigenvalue weighted by Gasteiger charge is 2.54. The van der Waals surface area contributed by atoms with Gasteiger partial charge in [0.25, 0.3) is 0 Å². The Labute approximate surface area is 163 Å². The zero-order chi connectivity index (χ0) is 20.6. The van der Waals surface area contributed by atoms with Crippen LogP contribution in [0.1, 0.15) is 46.1 Å². The standard InChI is InChI=1S/C20H25N3O5/c1-10(2)27-18(24)15-11(3)21-12(4)20(5,19(25)26-6)16(15)13-8-7-9-14-17(13)23-28-22-14/h7-10,12,16,21H,1-6H3. The molecule has 8 nitrogen and oxygen atoms in total. The molecule has 1 aromatic heterocycles. The van der Waals surface area contributed by atoms with E-state index in [4.69, 9.17) is 14.1 Å². The van der Waals surface area contributed by atoms with E-state index in [1.165, 1.54) is 7.11 Å². The van der Waals surface area contributed by atoms with Gasteiger partial charge in [0.2, 0.25) is 0 Å². The SMILES string of the molecule is COC(=O)C1(C)C(C)NC(C)=C(C(=O)OC(C)C)C1c1cccc2nonc12. The molecule has 3 rings (SSSR count). The number of esters is 2. The number of benzene rings is 1. The van der Waals surface area contributed by atoms with Crippen molar-refractivity contribution in [3.8, 4) is 0 Å². The first-order valence-electron chi connectivity index (χ1n) is 9.19. The number of hydrogen-bond acceptors (Lipinski definition) is 8. The molecular formula is C20H25N3O5. The number of hydrogen-bond donors (Lipinski definition) is 1. The maximum atomic E-state index is 13.1. The van der Waals surface area contributed by atoms with Crippen molar-refractivity contribution in [2.75, 3.05) is 7.11 Å². The first kappa shape index (κ1) is 19.9. The van der Waals surface area contributed by atoms with Crippen LogP contribution in [0.15, 0.2) is 34.1 Å². The quantitative estimate of drug-likeness (QED) is 0.799. The Morgan fingerprint density at radius 2 is 2.00 bits per heavy atom. The topological polar surface area (TPSA) is 104 Å². The Morgan fingerprint density at radius 3 is 2.64 bits per heavy atom.